The Balaban J connectivity index is 2.66. The van der Waals surface area contributed by atoms with E-state index in [9.17, 15) is 8.42 Å². The minimum atomic E-state index is -3.96. The minimum Gasteiger partial charge on any atom is -0.493 e. The van der Waals surface area contributed by atoms with E-state index in [0.29, 0.717) is 17.9 Å². The van der Waals surface area contributed by atoms with E-state index in [-0.39, 0.29) is 18.2 Å². The highest BCUT2D eigenvalue weighted by Gasteiger charge is 2.12. The summed E-state index contributed by atoms with van der Waals surface area (Å²) in [5, 5.41) is 0. The van der Waals surface area contributed by atoms with E-state index < -0.39 is 10.1 Å². The summed E-state index contributed by atoms with van der Waals surface area (Å²) in [5.74, 6) is 0.890. The molecule has 0 fully saturated rings. The van der Waals surface area contributed by atoms with Crippen LogP contribution in [-0.2, 0) is 16.5 Å². The quantitative estimate of drug-likeness (QED) is 0.722. The van der Waals surface area contributed by atoms with Crippen molar-refractivity contribution in [3.63, 3.8) is 0 Å². The van der Waals surface area contributed by atoms with Crippen LogP contribution in [-0.4, -0.2) is 39.0 Å². The highest BCUT2D eigenvalue weighted by Crippen LogP contribution is 2.28. The molecule has 0 aliphatic heterocycles. The van der Waals surface area contributed by atoms with Crippen molar-refractivity contribution in [1.82, 2.24) is 0 Å². The fourth-order valence-corrected chi connectivity index (χ4v) is 2.31. The van der Waals surface area contributed by atoms with Crippen LogP contribution in [0.5, 0.6) is 11.5 Å². The van der Waals surface area contributed by atoms with Gasteiger partial charge in [-0.15, -0.1) is 0 Å². The number of methoxy groups -OCH3 is 2. The predicted molar refractivity (Wildman–Crippen MR) is 72.3 cm³/mol. The lowest BCUT2D eigenvalue weighted by atomic mass is 10.0. The van der Waals surface area contributed by atoms with E-state index in [1.807, 2.05) is 6.07 Å². The van der Waals surface area contributed by atoms with Crippen LogP contribution in [0.15, 0.2) is 18.2 Å². The van der Waals surface area contributed by atoms with E-state index in [1.54, 1.807) is 26.4 Å². The first kappa shape index (κ1) is 15.7. The zero-order valence-electron chi connectivity index (χ0n) is 11.0. The van der Waals surface area contributed by atoms with Crippen LogP contribution in [0, 0.1) is 0 Å². The molecule has 0 bridgehead atoms. The number of nitrogens with two attached hydrogens (primary N) is 1. The van der Waals surface area contributed by atoms with Gasteiger partial charge in [-0.1, -0.05) is 6.07 Å². The van der Waals surface area contributed by atoms with Gasteiger partial charge >= 0.3 is 0 Å². The van der Waals surface area contributed by atoms with Crippen LogP contribution in [0.3, 0.4) is 0 Å². The number of benzene rings is 1. The Kier molecular flexibility index (Phi) is 5.59. The second kappa shape index (κ2) is 6.74. The highest BCUT2D eigenvalue weighted by atomic mass is 32.2. The maximum atomic E-state index is 10.6. The van der Waals surface area contributed by atoms with Crippen molar-refractivity contribution in [3.05, 3.63) is 23.8 Å². The molecule has 108 valence electrons. The van der Waals surface area contributed by atoms with Crippen LogP contribution in [0.1, 0.15) is 12.0 Å². The number of rotatable bonds is 7. The van der Waals surface area contributed by atoms with Crippen molar-refractivity contribution in [1.29, 1.82) is 0 Å². The lowest BCUT2D eigenvalue weighted by Crippen LogP contribution is -2.26. The molecule has 1 atom stereocenters. The van der Waals surface area contributed by atoms with Crippen LogP contribution < -0.4 is 15.2 Å². The largest absolute Gasteiger partial charge is 0.493 e. The Hall–Kier alpha value is -1.31. The smallest absolute Gasteiger partial charge is 0.264 e. The molecule has 1 rings (SSSR count). The second-order valence-corrected chi connectivity index (χ2v) is 5.80. The molecule has 7 heteroatoms. The predicted octanol–water partition coefficient (Wildman–Crippen LogP) is 0.852. The van der Waals surface area contributed by atoms with E-state index >= 15 is 0 Å². The molecule has 0 aromatic heterocycles. The molecule has 3 N–H and O–H groups in total. The second-order valence-electron chi connectivity index (χ2n) is 4.23. The van der Waals surface area contributed by atoms with Crippen LogP contribution in [0.25, 0.3) is 0 Å². The normalized spacial score (nSPS) is 13.1. The lowest BCUT2D eigenvalue weighted by molar-refractivity contribution is 0.354. The molecule has 0 saturated heterocycles. The first-order valence-corrected chi connectivity index (χ1v) is 7.38. The van der Waals surface area contributed by atoms with Gasteiger partial charge < -0.3 is 15.2 Å². The summed E-state index contributed by atoms with van der Waals surface area (Å²) in [7, 11) is -0.867. The molecule has 0 saturated carbocycles. The molecule has 1 aromatic rings. The Labute approximate surface area is 113 Å². The topological polar surface area (TPSA) is 98.9 Å². The SMILES string of the molecule is COc1ccc(CC(N)CCS(=O)(=O)O)cc1OC. The third-order valence-electron chi connectivity index (χ3n) is 2.69. The average molecular weight is 289 g/mol. The molecular formula is C12H19NO5S. The molecule has 0 spiro atoms. The summed E-state index contributed by atoms with van der Waals surface area (Å²) in [5.41, 5.74) is 6.74. The first-order valence-electron chi connectivity index (χ1n) is 5.77. The van der Waals surface area contributed by atoms with Gasteiger partial charge in [0.05, 0.1) is 20.0 Å². The minimum absolute atomic E-state index is 0.202. The third-order valence-corrected chi connectivity index (χ3v) is 3.44. The summed E-state index contributed by atoms with van der Waals surface area (Å²) in [6.45, 7) is 0. The van der Waals surface area contributed by atoms with Crippen molar-refractivity contribution in [2.45, 2.75) is 18.9 Å². The Morgan fingerprint density at radius 2 is 1.89 bits per heavy atom. The van der Waals surface area contributed by atoms with Crippen LogP contribution in [0.4, 0.5) is 0 Å². The van der Waals surface area contributed by atoms with E-state index in [0.717, 1.165) is 5.56 Å². The highest BCUT2D eigenvalue weighted by molar-refractivity contribution is 7.85. The Bertz CT molecular complexity index is 515. The lowest BCUT2D eigenvalue weighted by Gasteiger charge is -2.13. The number of hydrogen-bond acceptors (Lipinski definition) is 5. The molecule has 1 unspecified atom stereocenters. The summed E-state index contributed by atoms with van der Waals surface area (Å²) in [6, 6.07) is 5.06. The zero-order chi connectivity index (χ0) is 14.5. The van der Waals surface area contributed by atoms with Crippen molar-refractivity contribution >= 4 is 10.1 Å². The van der Waals surface area contributed by atoms with Gasteiger partial charge in [0.15, 0.2) is 11.5 Å². The Morgan fingerprint density at radius 1 is 1.26 bits per heavy atom. The number of ether oxygens (including phenoxy) is 2. The Morgan fingerprint density at radius 3 is 2.42 bits per heavy atom. The van der Waals surface area contributed by atoms with Crippen molar-refractivity contribution < 1.29 is 22.4 Å². The molecule has 6 nitrogen and oxygen atoms in total. The monoisotopic (exact) mass is 289 g/mol. The maximum absolute atomic E-state index is 10.6. The molecule has 1 aromatic carbocycles. The molecule has 0 aliphatic rings. The van der Waals surface area contributed by atoms with Gasteiger partial charge in [-0.3, -0.25) is 4.55 Å². The van der Waals surface area contributed by atoms with E-state index in [1.165, 1.54) is 0 Å². The van der Waals surface area contributed by atoms with E-state index in [2.05, 4.69) is 0 Å². The molecular weight excluding hydrogens is 270 g/mol. The van der Waals surface area contributed by atoms with Gasteiger partial charge in [-0.2, -0.15) is 8.42 Å². The fourth-order valence-electron chi connectivity index (χ4n) is 1.71. The van der Waals surface area contributed by atoms with Gasteiger partial charge in [0, 0.05) is 6.04 Å². The van der Waals surface area contributed by atoms with Gasteiger partial charge in [0.1, 0.15) is 0 Å². The standard InChI is InChI=1S/C12H19NO5S/c1-17-11-4-3-9(8-12(11)18-2)7-10(13)5-6-19(14,15)16/h3-4,8,10H,5-7,13H2,1-2H3,(H,14,15,16). The van der Waals surface area contributed by atoms with Crippen LogP contribution in [0.2, 0.25) is 0 Å². The summed E-state index contributed by atoms with van der Waals surface area (Å²) in [6.07, 6.45) is 0.697. The summed E-state index contributed by atoms with van der Waals surface area (Å²) >= 11 is 0. The molecule has 19 heavy (non-hydrogen) atoms. The van der Waals surface area contributed by atoms with Crippen molar-refractivity contribution in [2.24, 2.45) is 5.73 Å². The zero-order valence-corrected chi connectivity index (χ0v) is 11.8. The molecule has 0 aliphatic carbocycles. The summed E-state index contributed by atoms with van der Waals surface area (Å²) < 4.78 is 40.2. The number of hydrogen-bond donors (Lipinski definition) is 2. The van der Waals surface area contributed by atoms with Gasteiger partial charge in [0.25, 0.3) is 10.1 Å². The van der Waals surface area contributed by atoms with Crippen LogP contribution >= 0.6 is 0 Å². The molecule has 0 amide bonds. The fraction of sp³-hybridized carbons (Fsp3) is 0.500. The van der Waals surface area contributed by atoms with Gasteiger partial charge in [-0.25, -0.2) is 0 Å². The van der Waals surface area contributed by atoms with Gasteiger partial charge in [-0.05, 0) is 30.5 Å². The average Bonchev–Trinajstić information content (AvgIpc) is 2.35. The third kappa shape index (κ3) is 5.46. The molecule has 0 heterocycles. The summed E-state index contributed by atoms with van der Waals surface area (Å²) in [4.78, 5) is 0. The van der Waals surface area contributed by atoms with Gasteiger partial charge in [0.2, 0.25) is 0 Å². The maximum Gasteiger partial charge on any atom is 0.264 e. The first-order chi connectivity index (χ1) is 8.85. The molecule has 0 radical (unpaired) electrons. The van der Waals surface area contributed by atoms with E-state index in [4.69, 9.17) is 19.8 Å². The van der Waals surface area contributed by atoms with Crippen molar-refractivity contribution in [3.8, 4) is 11.5 Å². The van der Waals surface area contributed by atoms with Crippen molar-refractivity contribution in [2.75, 3.05) is 20.0 Å².